The van der Waals surface area contributed by atoms with Crippen LogP contribution in [0.3, 0.4) is 0 Å². The summed E-state index contributed by atoms with van der Waals surface area (Å²) in [6.45, 7) is 0. The molecule has 1 aromatic heterocycles. The SMILES string of the molecule is CN1C(=O)C(CC(=O)N[C@@H](CC2CCCCC2)C(O)CSc2nnnn2C)N=C(c2ccccc2)c2ccccc21. The number of tetrazole rings is 1. The molecule has 11 heteroatoms. The van der Waals surface area contributed by atoms with Gasteiger partial charge in [-0.2, -0.15) is 0 Å². The second kappa shape index (κ2) is 13.4. The standard InChI is InChI=1S/C30H37N7O3S/c1-36-25-16-10-9-15-22(25)28(21-13-7-4-8-14-21)32-24(29(36)40)18-27(39)31-23(17-20-11-5-3-6-12-20)26(38)19-41-30-33-34-35-37(30)2/h4,7-10,13-16,20,23-24,26,38H,3,5-6,11-12,17-19H2,1-2H3,(H,31,39)/t23-,24?,26?/m0/s1. The van der Waals surface area contributed by atoms with E-state index in [-0.39, 0.29) is 18.2 Å². The normalized spacial score (nSPS) is 19.2. The lowest BCUT2D eigenvalue weighted by Gasteiger charge is -2.30. The van der Waals surface area contributed by atoms with Crippen LogP contribution in [0.1, 0.15) is 56.1 Å². The Labute approximate surface area is 244 Å². The van der Waals surface area contributed by atoms with Gasteiger partial charge < -0.3 is 15.3 Å². The van der Waals surface area contributed by atoms with Gasteiger partial charge in [0.1, 0.15) is 6.04 Å². The molecular weight excluding hydrogens is 538 g/mol. The van der Waals surface area contributed by atoms with Gasteiger partial charge in [-0.25, -0.2) is 4.68 Å². The Morgan fingerprint density at radius 1 is 1.07 bits per heavy atom. The lowest BCUT2D eigenvalue weighted by atomic mass is 9.84. The Bertz CT molecular complexity index is 1370. The number of hydrogen-bond donors (Lipinski definition) is 2. The second-order valence-electron chi connectivity index (χ2n) is 10.9. The summed E-state index contributed by atoms with van der Waals surface area (Å²) < 4.78 is 1.56. The summed E-state index contributed by atoms with van der Waals surface area (Å²) >= 11 is 1.35. The maximum absolute atomic E-state index is 13.6. The molecule has 2 unspecified atom stereocenters. The molecule has 2 heterocycles. The highest BCUT2D eigenvalue weighted by Crippen LogP contribution is 2.30. The summed E-state index contributed by atoms with van der Waals surface area (Å²) in [7, 11) is 3.48. The third kappa shape index (κ3) is 7.02. The number of aliphatic imine (C=N–C) groups is 1. The van der Waals surface area contributed by atoms with Crippen molar-refractivity contribution >= 4 is 35.0 Å². The number of benzodiazepines with no additional fused rings is 1. The summed E-state index contributed by atoms with van der Waals surface area (Å²) in [6, 6.07) is 16.1. The largest absolute Gasteiger partial charge is 0.390 e. The van der Waals surface area contributed by atoms with E-state index in [1.165, 1.54) is 31.0 Å². The number of thioether (sulfide) groups is 1. The number of nitrogens with one attached hydrogen (secondary N) is 1. The third-order valence-corrected chi connectivity index (χ3v) is 9.05. The molecule has 1 saturated carbocycles. The first kappa shape index (κ1) is 28.9. The van der Waals surface area contributed by atoms with Crippen LogP contribution in [0.15, 0.2) is 64.7 Å². The fraction of sp³-hybridized carbons (Fsp3) is 0.467. The molecule has 41 heavy (non-hydrogen) atoms. The van der Waals surface area contributed by atoms with Gasteiger partial charge in [-0.3, -0.25) is 14.6 Å². The van der Waals surface area contributed by atoms with Crippen LogP contribution in [0.25, 0.3) is 0 Å². The molecular formula is C30H37N7O3S. The smallest absolute Gasteiger partial charge is 0.252 e. The van der Waals surface area contributed by atoms with Gasteiger partial charge >= 0.3 is 0 Å². The van der Waals surface area contributed by atoms with E-state index in [0.29, 0.717) is 29.0 Å². The van der Waals surface area contributed by atoms with Crippen LogP contribution in [-0.4, -0.2) is 73.8 Å². The molecule has 3 atom stereocenters. The van der Waals surface area contributed by atoms with Gasteiger partial charge in [-0.1, -0.05) is 92.4 Å². The van der Waals surface area contributed by atoms with E-state index in [2.05, 4.69) is 20.8 Å². The molecule has 2 N–H and O–H groups in total. The Morgan fingerprint density at radius 3 is 2.54 bits per heavy atom. The van der Waals surface area contributed by atoms with Crippen molar-refractivity contribution in [3.8, 4) is 0 Å². The molecule has 2 aliphatic rings. The van der Waals surface area contributed by atoms with Gasteiger partial charge in [0.15, 0.2) is 0 Å². The van der Waals surface area contributed by atoms with Crippen molar-refractivity contribution in [2.24, 2.45) is 18.0 Å². The number of hydrogen-bond acceptors (Lipinski definition) is 8. The van der Waals surface area contributed by atoms with E-state index in [4.69, 9.17) is 4.99 Å². The van der Waals surface area contributed by atoms with E-state index >= 15 is 0 Å². The number of carbonyl (C=O) groups excluding carboxylic acids is 2. The number of aliphatic hydroxyl groups excluding tert-OH is 1. The first-order valence-electron chi connectivity index (χ1n) is 14.2. The van der Waals surface area contributed by atoms with E-state index in [1.807, 2.05) is 54.6 Å². The van der Waals surface area contributed by atoms with E-state index in [1.54, 1.807) is 23.7 Å². The third-order valence-electron chi connectivity index (χ3n) is 7.93. The number of nitrogens with zero attached hydrogens (tertiary/aromatic N) is 6. The van der Waals surface area contributed by atoms with Gasteiger partial charge in [0, 0.05) is 31.0 Å². The van der Waals surface area contributed by atoms with Gasteiger partial charge in [-0.05, 0) is 28.8 Å². The number of benzene rings is 2. The molecule has 0 saturated heterocycles. The lowest BCUT2D eigenvalue weighted by molar-refractivity contribution is -0.127. The maximum Gasteiger partial charge on any atom is 0.252 e. The van der Waals surface area contributed by atoms with Crippen molar-refractivity contribution in [1.29, 1.82) is 0 Å². The number of aliphatic hydroxyl groups is 1. The van der Waals surface area contributed by atoms with E-state index < -0.39 is 18.2 Å². The van der Waals surface area contributed by atoms with Crippen LogP contribution in [0.2, 0.25) is 0 Å². The fourth-order valence-electron chi connectivity index (χ4n) is 5.70. The lowest BCUT2D eigenvalue weighted by Crippen LogP contribution is -2.47. The van der Waals surface area contributed by atoms with Crippen LogP contribution in [-0.2, 0) is 16.6 Å². The number of likely N-dealkylation sites (N-methyl/N-ethyl adjacent to an activating group) is 1. The molecule has 1 aliphatic carbocycles. The Hall–Kier alpha value is -3.57. The number of fused-ring (bicyclic) bond motifs is 1. The predicted molar refractivity (Wildman–Crippen MR) is 159 cm³/mol. The quantitative estimate of drug-likeness (QED) is 0.355. The van der Waals surface area contributed by atoms with Crippen molar-refractivity contribution in [3.05, 3.63) is 65.7 Å². The molecule has 0 radical (unpaired) electrons. The average Bonchev–Trinajstić information content (AvgIpc) is 3.38. The first-order chi connectivity index (χ1) is 19.9. The molecule has 1 fully saturated rings. The monoisotopic (exact) mass is 575 g/mol. The van der Waals surface area contributed by atoms with Gasteiger partial charge in [0.25, 0.3) is 5.91 Å². The number of rotatable bonds is 10. The summed E-state index contributed by atoms with van der Waals surface area (Å²) in [5.41, 5.74) is 3.17. The van der Waals surface area contributed by atoms with Crippen molar-refractivity contribution < 1.29 is 14.7 Å². The minimum absolute atomic E-state index is 0.109. The number of carbonyl (C=O) groups is 2. The van der Waals surface area contributed by atoms with Crippen LogP contribution < -0.4 is 10.2 Å². The zero-order valence-electron chi connectivity index (χ0n) is 23.5. The zero-order valence-corrected chi connectivity index (χ0v) is 24.3. The maximum atomic E-state index is 13.6. The van der Waals surface area contributed by atoms with Crippen LogP contribution in [0, 0.1) is 5.92 Å². The summed E-state index contributed by atoms with van der Waals surface area (Å²) in [6.07, 6.45) is 5.52. The fourth-order valence-corrected chi connectivity index (χ4v) is 6.57. The average molecular weight is 576 g/mol. The zero-order chi connectivity index (χ0) is 28.8. The van der Waals surface area contributed by atoms with E-state index in [0.717, 1.165) is 29.7 Å². The minimum Gasteiger partial charge on any atom is -0.390 e. The highest BCUT2D eigenvalue weighted by molar-refractivity contribution is 7.99. The molecule has 2 amide bonds. The molecule has 3 aromatic rings. The summed E-state index contributed by atoms with van der Waals surface area (Å²) in [5.74, 6) is 0.230. The van der Waals surface area contributed by atoms with Crippen LogP contribution >= 0.6 is 11.8 Å². The molecule has 0 bridgehead atoms. The molecule has 2 aromatic carbocycles. The molecule has 5 rings (SSSR count). The Morgan fingerprint density at radius 2 is 1.80 bits per heavy atom. The number of aromatic nitrogens is 4. The molecule has 0 spiro atoms. The number of para-hydroxylation sites is 1. The Kier molecular flexibility index (Phi) is 9.45. The molecule has 216 valence electrons. The molecule has 10 nitrogen and oxygen atoms in total. The molecule has 1 aliphatic heterocycles. The number of aryl methyl sites for hydroxylation is 1. The highest BCUT2D eigenvalue weighted by Gasteiger charge is 2.33. The van der Waals surface area contributed by atoms with Crippen molar-refractivity contribution in [1.82, 2.24) is 25.5 Å². The van der Waals surface area contributed by atoms with Crippen molar-refractivity contribution in [2.75, 3.05) is 17.7 Å². The van der Waals surface area contributed by atoms with Crippen LogP contribution in [0.4, 0.5) is 5.69 Å². The summed E-state index contributed by atoms with van der Waals surface area (Å²) in [5, 5.41) is 26.4. The first-order valence-corrected chi connectivity index (χ1v) is 15.2. The van der Waals surface area contributed by atoms with Gasteiger partial charge in [0.2, 0.25) is 11.1 Å². The predicted octanol–water partition coefficient (Wildman–Crippen LogP) is 3.39. The minimum atomic E-state index is -0.894. The van der Waals surface area contributed by atoms with Gasteiger partial charge in [-0.15, -0.1) is 5.10 Å². The topological polar surface area (TPSA) is 126 Å². The number of anilines is 1. The highest BCUT2D eigenvalue weighted by atomic mass is 32.2. The summed E-state index contributed by atoms with van der Waals surface area (Å²) in [4.78, 5) is 33.6. The number of amides is 2. The second-order valence-corrected chi connectivity index (χ2v) is 11.8. The van der Waals surface area contributed by atoms with Crippen LogP contribution in [0.5, 0.6) is 0 Å². The van der Waals surface area contributed by atoms with Crippen molar-refractivity contribution in [2.45, 2.75) is 68.3 Å². The van der Waals surface area contributed by atoms with E-state index in [9.17, 15) is 14.7 Å². The Balaban J connectivity index is 1.35. The van der Waals surface area contributed by atoms with Gasteiger partial charge in [0.05, 0.1) is 30.0 Å². The van der Waals surface area contributed by atoms with Crippen molar-refractivity contribution in [3.63, 3.8) is 0 Å².